The number of methoxy groups -OCH3 is 1. The number of aliphatic imine (C=N–C) groups is 1. The zero-order chi connectivity index (χ0) is 17.5. The lowest BCUT2D eigenvalue weighted by Crippen LogP contribution is -2.37. The number of aryl methyl sites for hydroxylation is 2. The molecule has 1 aromatic heterocycles. The molecule has 0 radical (unpaired) electrons. The van der Waals surface area contributed by atoms with Crippen LogP contribution in [0.4, 0.5) is 0 Å². The summed E-state index contributed by atoms with van der Waals surface area (Å²) in [6.07, 6.45) is 0.852. The number of ether oxygens (including phenoxy) is 1. The van der Waals surface area contributed by atoms with Crippen molar-refractivity contribution in [3.05, 3.63) is 39.3 Å². The van der Waals surface area contributed by atoms with Gasteiger partial charge in [0.25, 0.3) is 0 Å². The minimum Gasteiger partial charge on any atom is -0.508 e. The van der Waals surface area contributed by atoms with E-state index in [0.29, 0.717) is 18.3 Å². The van der Waals surface area contributed by atoms with Crippen LogP contribution in [0.1, 0.15) is 21.1 Å². The molecule has 0 atom stereocenters. The number of benzene rings is 1. The van der Waals surface area contributed by atoms with Crippen molar-refractivity contribution in [1.29, 1.82) is 0 Å². The highest BCUT2D eigenvalue weighted by Crippen LogP contribution is 2.22. The Labute approximate surface area is 146 Å². The van der Waals surface area contributed by atoms with E-state index in [1.54, 1.807) is 43.7 Å². The van der Waals surface area contributed by atoms with Gasteiger partial charge in [-0.05, 0) is 32.0 Å². The lowest BCUT2D eigenvalue weighted by atomic mass is 10.2. The largest absolute Gasteiger partial charge is 0.508 e. The Hall–Kier alpha value is -2.28. The lowest BCUT2D eigenvalue weighted by Gasteiger charge is -2.13. The van der Waals surface area contributed by atoms with Crippen LogP contribution < -0.4 is 15.4 Å². The first kappa shape index (κ1) is 18.1. The summed E-state index contributed by atoms with van der Waals surface area (Å²) < 4.78 is 5.18. The molecule has 0 aliphatic heterocycles. The zero-order valence-corrected chi connectivity index (χ0v) is 15.3. The molecule has 0 saturated carbocycles. The molecule has 3 N–H and O–H groups in total. The van der Waals surface area contributed by atoms with Gasteiger partial charge in [-0.15, -0.1) is 11.3 Å². The van der Waals surface area contributed by atoms with Gasteiger partial charge in [0.05, 0.1) is 17.8 Å². The Morgan fingerprint density at radius 1 is 1.33 bits per heavy atom. The number of nitrogens with zero attached hydrogens (tertiary/aromatic N) is 2. The van der Waals surface area contributed by atoms with E-state index in [-0.39, 0.29) is 5.75 Å². The standard InChI is InChI=1S/C17H24N4O2S/c1-11-12(2)24-16(21-11)7-8-19-17(18-3)20-10-13-9-14(23-4)5-6-15(13)22/h5-6,9,22H,7-8,10H2,1-4H3,(H2,18,19,20). The molecule has 24 heavy (non-hydrogen) atoms. The highest BCUT2D eigenvalue weighted by Gasteiger charge is 2.06. The third-order valence-corrected chi connectivity index (χ3v) is 4.79. The molecule has 0 aliphatic carbocycles. The van der Waals surface area contributed by atoms with Crippen LogP contribution in [0.3, 0.4) is 0 Å². The van der Waals surface area contributed by atoms with Gasteiger partial charge in [-0.1, -0.05) is 0 Å². The van der Waals surface area contributed by atoms with Crippen LogP contribution in [0.5, 0.6) is 11.5 Å². The number of phenols is 1. The molecule has 0 unspecified atom stereocenters. The van der Waals surface area contributed by atoms with Crippen molar-refractivity contribution in [3.8, 4) is 11.5 Å². The summed E-state index contributed by atoms with van der Waals surface area (Å²) in [6, 6.07) is 5.15. The molecule has 6 nitrogen and oxygen atoms in total. The van der Waals surface area contributed by atoms with Gasteiger partial charge in [-0.3, -0.25) is 4.99 Å². The number of hydrogen-bond donors (Lipinski definition) is 3. The van der Waals surface area contributed by atoms with Crippen molar-refractivity contribution in [2.45, 2.75) is 26.8 Å². The Bertz CT molecular complexity index is 693. The fraction of sp³-hybridized carbons (Fsp3) is 0.412. The summed E-state index contributed by atoms with van der Waals surface area (Å²) in [5.41, 5.74) is 1.86. The monoisotopic (exact) mass is 348 g/mol. The Balaban J connectivity index is 1.84. The van der Waals surface area contributed by atoms with Crippen LogP contribution in [0, 0.1) is 13.8 Å². The number of nitrogens with one attached hydrogen (secondary N) is 2. The van der Waals surface area contributed by atoms with E-state index in [4.69, 9.17) is 4.74 Å². The van der Waals surface area contributed by atoms with E-state index in [2.05, 4.69) is 27.5 Å². The Morgan fingerprint density at radius 2 is 2.12 bits per heavy atom. The van der Waals surface area contributed by atoms with Crippen LogP contribution in [-0.2, 0) is 13.0 Å². The molecule has 0 spiro atoms. The molecule has 0 saturated heterocycles. The maximum Gasteiger partial charge on any atom is 0.191 e. The van der Waals surface area contributed by atoms with E-state index in [0.717, 1.165) is 29.2 Å². The van der Waals surface area contributed by atoms with E-state index in [1.165, 1.54) is 4.88 Å². The second kappa shape index (κ2) is 8.54. The second-order valence-electron chi connectivity index (χ2n) is 5.35. The Kier molecular flexibility index (Phi) is 6.43. The quantitative estimate of drug-likeness (QED) is 0.552. The van der Waals surface area contributed by atoms with Crippen LogP contribution in [0.25, 0.3) is 0 Å². The third kappa shape index (κ3) is 4.86. The van der Waals surface area contributed by atoms with Crippen molar-refractivity contribution in [3.63, 3.8) is 0 Å². The number of guanidine groups is 1. The van der Waals surface area contributed by atoms with Gasteiger partial charge in [0.1, 0.15) is 11.5 Å². The molecule has 0 amide bonds. The summed E-state index contributed by atoms with van der Waals surface area (Å²) in [7, 11) is 3.32. The normalized spacial score (nSPS) is 11.4. The number of thiazole rings is 1. The van der Waals surface area contributed by atoms with Crippen molar-refractivity contribution in [1.82, 2.24) is 15.6 Å². The minimum absolute atomic E-state index is 0.229. The summed E-state index contributed by atoms with van der Waals surface area (Å²) in [5.74, 6) is 1.62. The first-order valence-corrected chi connectivity index (χ1v) is 8.58. The van der Waals surface area contributed by atoms with Crippen molar-refractivity contribution >= 4 is 17.3 Å². The number of rotatable bonds is 6. The van der Waals surface area contributed by atoms with Crippen LogP contribution in [0.15, 0.2) is 23.2 Å². The fourth-order valence-corrected chi connectivity index (χ4v) is 3.10. The molecule has 7 heteroatoms. The van der Waals surface area contributed by atoms with Gasteiger partial charge in [-0.2, -0.15) is 0 Å². The number of hydrogen-bond acceptors (Lipinski definition) is 5. The predicted molar refractivity (Wildman–Crippen MR) is 98.2 cm³/mol. The number of aromatic nitrogens is 1. The summed E-state index contributed by atoms with van der Waals surface area (Å²) >= 11 is 1.73. The van der Waals surface area contributed by atoms with Gasteiger partial charge < -0.3 is 20.5 Å². The van der Waals surface area contributed by atoms with Gasteiger partial charge in [-0.25, -0.2) is 4.98 Å². The molecular formula is C17H24N4O2S. The topological polar surface area (TPSA) is 78.8 Å². The van der Waals surface area contributed by atoms with Gasteiger partial charge in [0.15, 0.2) is 5.96 Å². The van der Waals surface area contributed by atoms with Crippen LogP contribution in [-0.4, -0.2) is 36.8 Å². The predicted octanol–water partition coefficient (Wildman–Crippen LogP) is 2.38. The minimum atomic E-state index is 0.229. The van der Waals surface area contributed by atoms with E-state index >= 15 is 0 Å². The molecule has 2 aromatic rings. The van der Waals surface area contributed by atoms with E-state index in [9.17, 15) is 5.11 Å². The molecule has 1 aromatic carbocycles. The van der Waals surface area contributed by atoms with Gasteiger partial charge >= 0.3 is 0 Å². The lowest BCUT2D eigenvalue weighted by molar-refractivity contribution is 0.410. The van der Waals surface area contributed by atoms with E-state index < -0.39 is 0 Å². The summed E-state index contributed by atoms with van der Waals surface area (Å²) in [5, 5.41) is 17.5. The smallest absolute Gasteiger partial charge is 0.191 e. The van der Waals surface area contributed by atoms with Crippen molar-refractivity contribution in [2.75, 3.05) is 20.7 Å². The molecule has 0 fully saturated rings. The summed E-state index contributed by atoms with van der Waals surface area (Å²) in [4.78, 5) is 9.99. The average Bonchev–Trinajstić information content (AvgIpc) is 2.90. The van der Waals surface area contributed by atoms with Gasteiger partial charge in [0.2, 0.25) is 0 Å². The number of phenolic OH excluding ortho intramolecular Hbond substituents is 1. The van der Waals surface area contributed by atoms with Crippen LogP contribution in [0.2, 0.25) is 0 Å². The highest BCUT2D eigenvalue weighted by molar-refractivity contribution is 7.11. The number of aromatic hydroxyl groups is 1. The molecule has 0 aliphatic rings. The Morgan fingerprint density at radius 3 is 2.75 bits per heavy atom. The maximum atomic E-state index is 9.91. The van der Waals surface area contributed by atoms with Crippen molar-refractivity contribution < 1.29 is 9.84 Å². The second-order valence-corrected chi connectivity index (χ2v) is 6.63. The average molecular weight is 348 g/mol. The first-order valence-electron chi connectivity index (χ1n) is 7.76. The molecule has 1 heterocycles. The zero-order valence-electron chi connectivity index (χ0n) is 14.5. The van der Waals surface area contributed by atoms with Gasteiger partial charge in [0, 0.05) is 37.0 Å². The molecular weight excluding hydrogens is 324 g/mol. The maximum absolute atomic E-state index is 9.91. The summed E-state index contributed by atoms with van der Waals surface area (Å²) in [6.45, 7) is 5.32. The fourth-order valence-electron chi connectivity index (χ4n) is 2.16. The molecule has 2 rings (SSSR count). The molecule has 130 valence electrons. The van der Waals surface area contributed by atoms with Crippen molar-refractivity contribution in [2.24, 2.45) is 4.99 Å². The SMILES string of the molecule is CN=C(NCCc1nc(C)c(C)s1)NCc1cc(OC)ccc1O. The third-order valence-electron chi connectivity index (χ3n) is 3.66. The van der Waals surface area contributed by atoms with E-state index in [1.807, 2.05) is 6.92 Å². The van der Waals surface area contributed by atoms with Crippen LogP contribution >= 0.6 is 11.3 Å². The highest BCUT2D eigenvalue weighted by atomic mass is 32.1. The first-order chi connectivity index (χ1) is 11.5. The molecule has 0 bridgehead atoms.